The first-order valence-corrected chi connectivity index (χ1v) is 10.6. The number of benzene rings is 2. The van der Waals surface area contributed by atoms with Crippen molar-refractivity contribution in [3.8, 4) is 17.6 Å². The lowest BCUT2D eigenvalue weighted by Gasteiger charge is -2.20. The van der Waals surface area contributed by atoms with E-state index in [0.29, 0.717) is 34.9 Å². The van der Waals surface area contributed by atoms with E-state index in [1.165, 1.54) is 11.0 Å². The van der Waals surface area contributed by atoms with Crippen molar-refractivity contribution in [3.05, 3.63) is 64.9 Å². The van der Waals surface area contributed by atoms with Crippen molar-refractivity contribution in [1.29, 1.82) is 5.26 Å². The first kappa shape index (κ1) is 23.6. The molecule has 7 nitrogen and oxygen atoms in total. The van der Waals surface area contributed by atoms with E-state index in [2.05, 4.69) is 4.98 Å². The largest absolute Gasteiger partial charge is 0.490 e. The number of likely N-dealkylation sites (N-methyl/N-ethyl adjacent to an activating group) is 1. The van der Waals surface area contributed by atoms with E-state index in [4.69, 9.17) is 9.47 Å². The highest BCUT2D eigenvalue weighted by Gasteiger charge is 2.21. The molecule has 0 aliphatic heterocycles. The Labute approximate surface area is 193 Å². The number of carbonyl (C=O) groups is 2. The molecule has 1 heterocycles. The summed E-state index contributed by atoms with van der Waals surface area (Å²) < 4.78 is 11.5. The number of aryl methyl sites for hydroxylation is 1. The molecule has 0 radical (unpaired) electrons. The minimum absolute atomic E-state index is 0.00937. The Morgan fingerprint density at radius 2 is 1.91 bits per heavy atom. The van der Waals surface area contributed by atoms with E-state index >= 15 is 0 Å². The number of para-hydroxylation sites is 1. The number of H-pyrrole nitrogens is 1. The summed E-state index contributed by atoms with van der Waals surface area (Å²) in [5.41, 5.74) is 2.66. The molecule has 1 amide bonds. The zero-order valence-corrected chi connectivity index (χ0v) is 19.4. The molecule has 0 saturated carbocycles. The summed E-state index contributed by atoms with van der Waals surface area (Å²) in [5, 5.41) is 10.5. The number of hydrogen-bond acceptors (Lipinski definition) is 5. The third-order valence-corrected chi connectivity index (χ3v) is 5.16. The number of nitriles is 1. The van der Waals surface area contributed by atoms with Crippen LogP contribution in [-0.4, -0.2) is 48.4 Å². The van der Waals surface area contributed by atoms with Crippen molar-refractivity contribution in [3.63, 3.8) is 0 Å². The van der Waals surface area contributed by atoms with Gasteiger partial charge in [0.15, 0.2) is 17.6 Å². The van der Waals surface area contributed by atoms with Crippen LogP contribution in [0.5, 0.6) is 11.5 Å². The maximum absolute atomic E-state index is 13.2. The number of hydrogen-bond donors (Lipinski definition) is 1. The third-order valence-electron chi connectivity index (χ3n) is 5.16. The molecular weight excluding hydrogens is 418 g/mol. The standard InChI is InChI=1S/C26H27N3O4/c1-6-32-23-14-18(11-12-22(23)33-17(3)26(31)29(4)5)13-19(15-27)25(30)24-16(2)28-21-10-8-7-9-20(21)24/h7-14,17,28H,6H2,1-5H3/b19-13+. The van der Waals surface area contributed by atoms with Gasteiger partial charge in [0.25, 0.3) is 5.91 Å². The lowest BCUT2D eigenvalue weighted by atomic mass is 9.99. The third kappa shape index (κ3) is 5.07. The number of aromatic nitrogens is 1. The van der Waals surface area contributed by atoms with Crippen molar-refractivity contribution in [2.24, 2.45) is 0 Å². The number of Topliss-reactive ketones (excluding diaryl/α,β-unsaturated/α-hetero) is 1. The maximum atomic E-state index is 13.2. The first-order chi connectivity index (χ1) is 15.8. The number of rotatable bonds is 8. The molecule has 0 aliphatic rings. The van der Waals surface area contributed by atoms with Crippen LogP contribution >= 0.6 is 0 Å². The highest BCUT2D eigenvalue weighted by molar-refractivity contribution is 6.20. The Bertz CT molecular complexity index is 1260. The van der Waals surface area contributed by atoms with Gasteiger partial charge in [0.05, 0.1) is 12.2 Å². The second-order valence-electron chi connectivity index (χ2n) is 7.80. The number of allylic oxidation sites excluding steroid dienone is 1. The van der Waals surface area contributed by atoms with Gasteiger partial charge in [-0.3, -0.25) is 9.59 Å². The molecule has 1 aromatic heterocycles. The minimum Gasteiger partial charge on any atom is -0.490 e. The van der Waals surface area contributed by atoms with Gasteiger partial charge in [0.2, 0.25) is 5.78 Å². The van der Waals surface area contributed by atoms with Gasteiger partial charge in [-0.25, -0.2) is 0 Å². The first-order valence-electron chi connectivity index (χ1n) is 10.6. The predicted molar refractivity (Wildman–Crippen MR) is 127 cm³/mol. The van der Waals surface area contributed by atoms with Crippen LogP contribution in [0, 0.1) is 18.3 Å². The van der Waals surface area contributed by atoms with Crippen molar-refractivity contribution in [2.75, 3.05) is 20.7 Å². The molecule has 1 N–H and O–H groups in total. The molecule has 170 valence electrons. The zero-order chi connectivity index (χ0) is 24.1. The normalized spacial score (nSPS) is 12.2. The monoisotopic (exact) mass is 445 g/mol. The Kier molecular flexibility index (Phi) is 7.19. The number of aromatic amines is 1. The summed E-state index contributed by atoms with van der Waals surface area (Å²) in [7, 11) is 3.32. The van der Waals surface area contributed by atoms with Crippen LogP contribution in [0.25, 0.3) is 17.0 Å². The molecule has 0 bridgehead atoms. The Morgan fingerprint density at radius 3 is 2.58 bits per heavy atom. The Balaban J connectivity index is 1.95. The lowest BCUT2D eigenvalue weighted by molar-refractivity contribution is -0.135. The fourth-order valence-corrected chi connectivity index (χ4v) is 3.60. The number of nitrogens with zero attached hydrogens (tertiary/aromatic N) is 2. The van der Waals surface area contributed by atoms with Crippen LogP contribution in [0.4, 0.5) is 0 Å². The minimum atomic E-state index is -0.693. The lowest BCUT2D eigenvalue weighted by Crippen LogP contribution is -2.35. The van der Waals surface area contributed by atoms with Crippen molar-refractivity contribution >= 4 is 28.7 Å². The average Bonchev–Trinajstić information content (AvgIpc) is 3.13. The van der Waals surface area contributed by atoms with E-state index in [9.17, 15) is 14.9 Å². The van der Waals surface area contributed by atoms with Crippen LogP contribution in [-0.2, 0) is 4.79 Å². The number of fused-ring (bicyclic) bond motifs is 1. The fourth-order valence-electron chi connectivity index (χ4n) is 3.60. The summed E-state index contributed by atoms with van der Waals surface area (Å²) in [4.78, 5) is 30.0. The summed E-state index contributed by atoms with van der Waals surface area (Å²) >= 11 is 0. The van der Waals surface area contributed by atoms with Gasteiger partial charge in [-0.05, 0) is 50.6 Å². The summed E-state index contributed by atoms with van der Waals surface area (Å²) in [6.45, 7) is 5.71. The van der Waals surface area contributed by atoms with E-state index in [-0.39, 0.29) is 17.3 Å². The van der Waals surface area contributed by atoms with Crippen molar-refractivity contribution in [1.82, 2.24) is 9.88 Å². The van der Waals surface area contributed by atoms with Gasteiger partial charge in [0, 0.05) is 30.7 Å². The molecular formula is C26H27N3O4. The Hall–Kier alpha value is -4.05. The molecule has 2 aromatic carbocycles. The topological polar surface area (TPSA) is 95.4 Å². The molecule has 0 spiro atoms. The van der Waals surface area contributed by atoms with Gasteiger partial charge >= 0.3 is 0 Å². The number of ketones is 1. The molecule has 7 heteroatoms. The average molecular weight is 446 g/mol. The number of nitrogens with one attached hydrogen (secondary N) is 1. The fraction of sp³-hybridized carbons (Fsp3) is 0.269. The second kappa shape index (κ2) is 10.0. The smallest absolute Gasteiger partial charge is 0.262 e. The van der Waals surface area contributed by atoms with Gasteiger partial charge in [-0.15, -0.1) is 0 Å². The van der Waals surface area contributed by atoms with Crippen LogP contribution < -0.4 is 9.47 Å². The Morgan fingerprint density at radius 1 is 1.18 bits per heavy atom. The number of ether oxygens (including phenoxy) is 2. The summed E-state index contributed by atoms with van der Waals surface area (Å²) in [5.74, 6) is 0.315. The zero-order valence-electron chi connectivity index (χ0n) is 19.4. The van der Waals surface area contributed by atoms with E-state index in [1.807, 2.05) is 44.2 Å². The number of amides is 1. The number of carbonyl (C=O) groups excluding carboxylic acids is 2. The van der Waals surface area contributed by atoms with Gasteiger partial charge in [-0.1, -0.05) is 24.3 Å². The molecule has 1 atom stereocenters. The molecule has 3 rings (SSSR count). The molecule has 3 aromatic rings. The predicted octanol–water partition coefficient (Wildman–Crippen LogP) is 4.52. The van der Waals surface area contributed by atoms with Crippen molar-refractivity contribution < 1.29 is 19.1 Å². The highest BCUT2D eigenvalue weighted by atomic mass is 16.5. The van der Waals surface area contributed by atoms with Crippen LogP contribution in [0.15, 0.2) is 48.0 Å². The highest BCUT2D eigenvalue weighted by Crippen LogP contribution is 2.31. The van der Waals surface area contributed by atoms with E-state index in [1.54, 1.807) is 39.2 Å². The molecule has 0 saturated heterocycles. The molecule has 0 aliphatic carbocycles. The van der Waals surface area contributed by atoms with Crippen LogP contribution in [0.2, 0.25) is 0 Å². The SMILES string of the molecule is CCOc1cc(/C=C(\C#N)C(=O)c2c(C)[nH]c3ccccc23)ccc1OC(C)C(=O)N(C)C. The van der Waals surface area contributed by atoms with Crippen LogP contribution in [0.1, 0.15) is 35.5 Å². The maximum Gasteiger partial charge on any atom is 0.262 e. The van der Waals surface area contributed by atoms with E-state index < -0.39 is 6.10 Å². The summed E-state index contributed by atoms with van der Waals surface area (Å²) in [6, 6.07) is 14.6. The second-order valence-corrected chi connectivity index (χ2v) is 7.80. The molecule has 33 heavy (non-hydrogen) atoms. The quantitative estimate of drug-likeness (QED) is 0.312. The molecule has 0 fully saturated rings. The molecule has 1 unspecified atom stereocenters. The van der Waals surface area contributed by atoms with Crippen molar-refractivity contribution in [2.45, 2.75) is 26.9 Å². The van der Waals surface area contributed by atoms with E-state index in [0.717, 1.165) is 10.9 Å². The van der Waals surface area contributed by atoms with Gasteiger partial charge < -0.3 is 19.4 Å². The summed E-state index contributed by atoms with van der Waals surface area (Å²) in [6.07, 6.45) is 0.839. The van der Waals surface area contributed by atoms with Gasteiger partial charge in [0.1, 0.15) is 11.6 Å². The van der Waals surface area contributed by atoms with Gasteiger partial charge in [-0.2, -0.15) is 5.26 Å². The van der Waals surface area contributed by atoms with Crippen LogP contribution in [0.3, 0.4) is 0 Å².